The molecule has 4 nitrogen and oxygen atoms in total. The van der Waals surface area contributed by atoms with E-state index in [0.717, 1.165) is 25.8 Å². The topological polar surface area (TPSA) is 55.6 Å². The summed E-state index contributed by atoms with van der Waals surface area (Å²) < 4.78 is 5.51. The van der Waals surface area contributed by atoms with Crippen molar-refractivity contribution in [3.8, 4) is 0 Å². The standard InChI is InChI=1S/C16H32N2O2/c1-4-16(2,20-3)15(19)18(13-9-12-17)14-10-7-5-6-8-11-14/h14H,4-13,17H2,1-3H3. The maximum Gasteiger partial charge on any atom is 0.254 e. The van der Waals surface area contributed by atoms with E-state index in [1.165, 1.54) is 25.7 Å². The number of carbonyl (C=O) groups is 1. The van der Waals surface area contributed by atoms with Gasteiger partial charge in [-0.3, -0.25) is 4.79 Å². The summed E-state index contributed by atoms with van der Waals surface area (Å²) in [6.45, 7) is 5.31. The lowest BCUT2D eigenvalue weighted by molar-refractivity contribution is -0.156. The lowest BCUT2D eigenvalue weighted by atomic mass is 9.98. The predicted molar refractivity (Wildman–Crippen MR) is 82.6 cm³/mol. The molecule has 0 aromatic rings. The summed E-state index contributed by atoms with van der Waals surface area (Å²) in [5, 5.41) is 0. The SMILES string of the molecule is CCC(C)(OC)C(=O)N(CCCN)C1CCCCCC1. The number of rotatable bonds is 7. The van der Waals surface area contributed by atoms with E-state index in [2.05, 4.69) is 4.90 Å². The van der Waals surface area contributed by atoms with E-state index in [1.807, 2.05) is 13.8 Å². The summed E-state index contributed by atoms with van der Waals surface area (Å²) in [5.74, 6) is 0.142. The van der Waals surface area contributed by atoms with Gasteiger partial charge in [-0.25, -0.2) is 0 Å². The van der Waals surface area contributed by atoms with Crippen LogP contribution in [0.15, 0.2) is 0 Å². The van der Waals surface area contributed by atoms with Crippen molar-refractivity contribution in [2.75, 3.05) is 20.2 Å². The van der Waals surface area contributed by atoms with Crippen LogP contribution in [0.25, 0.3) is 0 Å². The van der Waals surface area contributed by atoms with Crippen molar-refractivity contribution in [2.24, 2.45) is 5.73 Å². The maximum atomic E-state index is 12.9. The fraction of sp³-hybridized carbons (Fsp3) is 0.938. The average molecular weight is 284 g/mol. The highest BCUT2D eigenvalue weighted by molar-refractivity contribution is 5.85. The summed E-state index contributed by atoms with van der Waals surface area (Å²) in [6, 6.07) is 0.373. The molecule has 0 aromatic carbocycles. The van der Waals surface area contributed by atoms with Gasteiger partial charge in [-0.15, -0.1) is 0 Å². The lowest BCUT2D eigenvalue weighted by Crippen LogP contribution is -2.52. The molecule has 1 atom stereocenters. The van der Waals surface area contributed by atoms with Gasteiger partial charge in [0, 0.05) is 19.7 Å². The first-order valence-electron chi connectivity index (χ1n) is 8.15. The minimum Gasteiger partial charge on any atom is -0.369 e. The highest BCUT2D eigenvalue weighted by Crippen LogP contribution is 2.26. The molecule has 0 radical (unpaired) electrons. The number of amides is 1. The molecule has 20 heavy (non-hydrogen) atoms. The van der Waals surface area contributed by atoms with E-state index in [1.54, 1.807) is 7.11 Å². The summed E-state index contributed by atoms with van der Waals surface area (Å²) in [7, 11) is 1.63. The number of hydrogen-bond acceptors (Lipinski definition) is 3. The van der Waals surface area contributed by atoms with E-state index >= 15 is 0 Å². The molecule has 1 aliphatic rings. The van der Waals surface area contributed by atoms with Gasteiger partial charge in [0.25, 0.3) is 5.91 Å². The van der Waals surface area contributed by atoms with Crippen molar-refractivity contribution in [1.29, 1.82) is 0 Å². The van der Waals surface area contributed by atoms with Gasteiger partial charge < -0.3 is 15.4 Å². The molecule has 1 aliphatic carbocycles. The van der Waals surface area contributed by atoms with Crippen LogP contribution in [0.1, 0.15) is 65.2 Å². The number of ether oxygens (including phenoxy) is 1. The Kier molecular flexibility index (Phi) is 7.52. The van der Waals surface area contributed by atoms with Crippen LogP contribution in [0, 0.1) is 0 Å². The zero-order chi connectivity index (χ0) is 15.0. The first-order chi connectivity index (χ1) is 9.59. The van der Waals surface area contributed by atoms with Crippen molar-refractivity contribution in [3.05, 3.63) is 0 Å². The minimum atomic E-state index is -0.694. The fourth-order valence-corrected chi connectivity index (χ4v) is 2.97. The van der Waals surface area contributed by atoms with Gasteiger partial charge >= 0.3 is 0 Å². The third kappa shape index (κ3) is 4.45. The zero-order valence-corrected chi connectivity index (χ0v) is 13.5. The van der Waals surface area contributed by atoms with Gasteiger partial charge in [0.2, 0.25) is 0 Å². The molecular formula is C16H32N2O2. The van der Waals surface area contributed by atoms with Crippen molar-refractivity contribution in [3.63, 3.8) is 0 Å². The third-order valence-corrected chi connectivity index (χ3v) is 4.71. The van der Waals surface area contributed by atoms with Crippen molar-refractivity contribution >= 4 is 5.91 Å². The molecule has 4 heteroatoms. The van der Waals surface area contributed by atoms with Gasteiger partial charge in [0.15, 0.2) is 0 Å². The molecule has 0 saturated heterocycles. The third-order valence-electron chi connectivity index (χ3n) is 4.71. The Bertz CT molecular complexity index is 282. The fourth-order valence-electron chi connectivity index (χ4n) is 2.97. The highest BCUT2D eigenvalue weighted by atomic mass is 16.5. The van der Waals surface area contributed by atoms with Crippen LogP contribution in [0.5, 0.6) is 0 Å². The molecular weight excluding hydrogens is 252 g/mol. The largest absolute Gasteiger partial charge is 0.369 e. The van der Waals surface area contributed by atoms with Crippen molar-refractivity contribution in [2.45, 2.75) is 76.9 Å². The average Bonchev–Trinajstić information content (AvgIpc) is 2.75. The van der Waals surface area contributed by atoms with Crippen molar-refractivity contribution in [1.82, 2.24) is 4.90 Å². The van der Waals surface area contributed by atoms with Crippen LogP contribution in [0.3, 0.4) is 0 Å². The maximum absolute atomic E-state index is 12.9. The Morgan fingerprint density at radius 3 is 2.35 bits per heavy atom. The van der Waals surface area contributed by atoms with Crippen LogP contribution in [0.2, 0.25) is 0 Å². The Hall–Kier alpha value is -0.610. The predicted octanol–water partition coefficient (Wildman–Crippen LogP) is 2.70. The smallest absolute Gasteiger partial charge is 0.254 e. The summed E-state index contributed by atoms with van der Waals surface area (Å²) >= 11 is 0. The molecule has 1 rings (SSSR count). The first-order valence-corrected chi connectivity index (χ1v) is 8.15. The minimum absolute atomic E-state index is 0.142. The number of methoxy groups -OCH3 is 1. The number of nitrogens with zero attached hydrogens (tertiary/aromatic N) is 1. The molecule has 2 N–H and O–H groups in total. The van der Waals surface area contributed by atoms with Gasteiger partial charge in [-0.05, 0) is 39.2 Å². The second-order valence-corrected chi connectivity index (χ2v) is 6.07. The monoisotopic (exact) mass is 284 g/mol. The number of carbonyl (C=O) groups excluding carboxylic acids is 1. The van der Waals surface area contributed by atoms with Crippen LogP contribution in [0.4, 0.5) is 0 Å². The Labute approximate surface area is 124 Å². The number of hydrogen-bond donors (Lipinski definition) is 1. The molecule has 0 aromatic heterocycles. The van der Waals surface area contributed by atoms with Crippen LogP contribution >= 0.6 is 0 Å². The molecule has 0 spiro atoms. The van der Waals surface area contributed by atoms with E-state index in [4.69, 9.17) is 10.5 Å². The van der Waals surface area contributed by atoms with Gasteiger partial charge in [-0.1, -0.05) is 32.6 Å². The Balaban J connectivity index is 2.83. The second-order valence-electron chi connectivity index (χ2n) is 6.07. The Morgan fingerprint density at radius 2 is 1.90 bits per heavy atom. The molecule has 1 unspecified atom stereocenters. The molecule has 1 fully saturated rings. The molecule has 0 aliphatic heterocycles. The van der Waals surface area contributed by atoms with Gasteiger partial charge in [0.05, 0.1) is 0 Å². The highest BCUT2D eigenvalue weighted by Gasteiger charge is 2.37. The number of nitrogens with two attached hydrogens (primary N) is 1. The summed E-state index contributed by atoms with van der Waals surface area (Å²) in [6.07, 6.45) is 8.87. The van der Waals surface area contributed by atoms with E-state index < -0.39 is 5.60 Å². The second kappa shape index (κ2) is 8.63. The summed E-state index contributed by atoms with van der Waals surface area (Å²) in [4.78, 5) is 15.0. The van der Waals surface area contributed by atoms with E-state index in [-0.39, 0.29) is 5.91 Å². The first kappa shape index (κ1) is 17.4. The molecule has 118 valence electrons. The van der Waals surface area contributed by atoms with E-state index in [9.17, 15) is 4.79 Å². The molecule has 1 saturated carbocycles. The van der Waals surface area contributed by atoms with Crippen LogP contribution in [-0.2, 0) is 9.53 Å². The summed E-state index contributed by atoms with van der Waals surface area (Å²) in [5.41, 5.74) is 4.95. The van der Waals surface area contributed by atoms with Crippen LogP contribution in [-0.4, -0.2) is 42.6 Å². The Morgan fingerprint density at radius 1 is 1.30 bits per heavy atom. The van der Waals surface area contributed by atoms with Gasteiger partial charge in [0.1, 0.15) is 5.60 Å². The zero-order valence-electron chi connectivity index (χ0n) is 13.5. The normalized spacial score (nSPS) is 20.2. The molecule has 0 heterocycles. The lowest BCUT2D eigenvalue weighted by Gasteiger charge is -2.38. The molecule has 1 amide bonds. The quantitative estimate of drug-likeness (QED) is 0.731. The van der Waals surface area contributed by atoms with Crippen LogP contribution < -0.4 is 5.73 Å². The van der Waals surface area contributed by atoms with Crippen molar-refractivity contribution < 1.29 is 9.53 Å². The molecule has 0 bridgehead atoms. The van der Waals surface area contributed by atoms with Gasteiger partial charge in [-0.2, -0.15) is 0 Å². The van der Waals surface area contributed by atoms with E-state index in [0.29, 0.717) is 19.0 Å².